The van der Waals surface area contributed by atoms with Crippen LogP contribution in [0, 0.1) is 0 Å². The normalized spacial score (nSPS) is 12.5. The molecule has 140 valence electrons. The van der Waals surface area contributed by atoms with Crippen molar-refractivity contribution in [2.45, 2.75) is 58.2 Å². The van der Waals surface area contributed by atoms with Gasteiger partial charge in [-0.05, 0) is 45.7 Å². The zero-order chi connectivity index (χ0) is 18.7. The summed E-state index contributed by atoms with van der Waals surface area (Å²) < 4.78 is 10.5. The van der Waals surface area contributed by atoms with Gasteiger partial charge in [-0.3, -0.25) is 14.9 Å². The average Bonchev–Trinajstić information content (AvgIpc) is 2.60. The number of hydrogen-bond acceptors (Lipinski definition) is 6. The number of carbonyl (C=O) groups excluding carboxylic acids is 2. The van der Waals surface area contributed by atoms with E-state index in [0.717, 1.165) is 18.4 Å². The zero-order valence-corrected chi connectivity index (χ0v) is 15.4. The number of rotatable bonds is 11. The van der Waals surface area contributed by atoms with E-state index in [1.807, 2.05) is 30.3 Å². The molecular formula is C19H30N2O4. The largest absolute Gasteiger partial charge is 0.465 e. The predicted molar refractivity (Wildman–Crippen MR) is 96.8 cm³/mol. The molecule has 1 aromatic carbocycles. The van der Waals surface area contributed by atoms with E-state index >= 15 is 0 Å². The van der Waals surface area contributed by atoms with E-state index in [2.05, 4.69) is 5.32 Å². The Morgan fingerprint density at radius 3 is 2.44 bits per heavy atom. The number of benzene rings is 1. The molecule has 0 spiro atoms. The lowest BCUT2D eigenvalue weighted by Crippen LogP contribution is -2.55. The summed E-state index contributed by atoms with van der Waals surface area (Å²) in [7, 11) is 0. The minimum absolute atomic E-state index is 0.203. The smallest absolute Gasteiger partial charge is 0.325 e. The van der Waals surface area contributed by atoms with Gasteiger partial charge in [-0.1, -0.05) is 36.8 Å². The Labute approximate surface area is 150 Å². The van der Waals surface area contributed by atoms with Gasteiger partial charge < -0.3 is 15.2 Å². The molecule has 0 saturated heterocycles. The highest BCUT2D eigenvalue weighted by Gasteiger charge is 2.34. The van der Waals surface area contributed by atoms with Crippen LogP contribution in [0.2, 0.25) is 0 Å². The van der Waals surface area contributed by atoms with Gasteiger partial charge in [0.1, 0.15) is 18.2 Å². The molecule has 0 aliphatic rings. The maximum Gasteiger partial charge on any atom is 0.325 e. The van der Waals surface area contributed by atoms with Gasteiger partial charge in [-0.2, -0.15) is 0 Å². The van der Waals surface area contributed by atoms with Crippen molar-refractivity contribution in [2.75, 3.05) is 13.2 Å². The highest BCUT2D eigenvalue weighted by atomic mass is 16.5. The molecule has 0 fully saturated rings. The van der Waals surface area contributed by atoms with E-state index in [1.54, 1.807) is 20.8 Å². The van der Waals surface area contributed by atoms with E-state index in [0.29, 0.717) is 19.6 Å². The average molecular weight is 350 g/mol. The van der Waals surface area contributed by atoms with Crippen LogP contribution in [-0.4, -0.2) is 36.7 Å². The van der Waals surface area contributed by atoms with E-state index < -0.39 is 17.6 Å². The van der Waals surface area contributed by atoms with E-state index in [1.165, 1.54) is 0 Å². The molecule has 0 unspecified atom stereocenters. The number of nitrogens with one attached hydrogen (secondary N) is 1. The molecule has 25 heavy (non-hydrogen) atoms. The van der Waals surface area contributed by atoms with Gasteiger partial charge in [-0.15, -0.1) is 0 Å². The summed E-state index contributed by atoms with van der Waals surface area (Å²) >= 11 is 0. The van der Waals surface area contributed by atoms with Crippen LogP contribution in [0.4, 0.5) is 0 Å². The molecule has 1 atom stereocenters. The third kappa shape index (κ3) is 7.67. The molecule has 0 heterocycles. The summed E-state index contributed by atoms with van der Waals surface area (Å²) in [6, 6.07) is 8.90. The van der Waals surface area contributed by atoms with Crippen LogP contribution in [0.3, 0.4) is 0 Å². The fraction of sp³-hybridized carbons (Fsp3) is 0.579. The lowest BCUT2D eigenvalue weighted by atomic mass is 10.0. The Hall–Kier alpha value is -1.92. The molecule has 0 aliphatic carbocycles. The lowest BCUT2D eigenvalue weighted by Gasteiger charge is -2.29. The van der Waals surface area contributed by atoms with Crippen molar-refractivity contribution in [3.63, 3.8) is 0 Å². The number of ether oxygens (including phenoxy) is 2. The first kappa shape index (κ1) is 21.1. The first-order valence-electron chi connectivity index (χ1n) is 8.76. The molecule has 1 aromatic rings. The number of carbonyl (C=O) groups is 2. The van der Waals surface area contributed by atoms with Gasteiger partial charge in [0, 0.05) is 0 Å². The molecule has 3 N–H and O–H groups in total. The molecule has 0 amide bonds. The van der Waals surface area contributed by atoms with Gasteiger partial charge in [-0.25, -0.2) is 0 Å². The fourth-order valence-corrected chi connectivity index (χ4v) is 2.38. The van der Waals surface area contributed by atoms with E-state index in [-0.39, 0.29) is 12.6 Å². The summed E-state index contributed by atoms with van der Waals surface area (Å²) in [5.74, 6) is -0.770. The first-order chi connectivity index (χ1) is 11.9. The van der Waals surface area contributed by atoms with E-state index in [9.17, 15) is 9.59 Å². The van der Waals surface area contributed by atoms with Crippen molar-refractivity contribution in [3.8, 4) is 0 Å². The van der Waals surface area contributed by atoms with Crippen molar-refractivity contribution >= 4 is 11.9 Å². The second-order valence-corrected chi connectivity index (χ2v) is 6.42. The summed E-state index contributed by atoms with van der Waals surface area (Å²) in [6.45, 7) is 6.21. The number of hydrogen-bond donors (Lipinski definition) is 2. The van der Waals surface area contributed by atoms with Gasteiger partial charge >= 0.3 is 11.9 Å². The molecule has 0 saturated carbocycles. The molecule has 0 aliphatic heterocycles. The van der Waals surface area contributed by atoms with Crippen LogP contribution in [0.15, 0.2) is 30.3 Å². The Morgan fingerprint density at radius 2 is 1.84 bits per heavy atom. The van der Waals surface area contributed by atoms with Crippen LogP contribution < -0.4 is 11.1 Å². The fourth-order valence-electron chi connectivity index (χ4n) is 2.38. The molecule has 6 heteroatoms. The molecule has 0 aromatic heterocycles. The summed E-state index contributed by atoms with van der Waals surface area (Å²) in [6.07, 6.45) is 2.13. The summed E-state index contributed by atoms with van der Waals surface area (Å²) in [5.41, 5.74) is 5.47. The second kappa shape index (κ2) is 10.8. The Balaban J connectivity index is 2.70. The minimum Gasteiger partial charge on any atom is -0.465 e. The van der Waals surface area contributed by atoms with Crippen molar-refractivity contribution in [2.24, 2.45) is 5.73 Å². The molecule has 1 rings (SSSR count). The zero-order valence-electron chi connectivity index (χ0n) is 15.4. The quantitative estimate of drug-likeness (QED) is 0.469. The second-order valence-electron chi connectivity index (χ2n) is 6.42. The van der Waals surface area contributed by atoms with Crippen LogP contribution in [0.5, 0.6) is 0 Å². The highest BCUT2D eigenvalue weighted by molar-refractivity contribution is 5.82. The summed E-state index contributed by atoms with van der Waals surface area (Å²) in [5, 5.41) is 3.08. The SMILES string of the molecule is CCOC(=O)C(C)(C)N[C@@H](CCCCN)C(=O)OCc1ccccc1. The molecule has 0 bridgehead atoms. The minimum atomic E-state index is -0.977. The maximum atomic E-state index is 12.5. The van der Waals surface area contributed by atoms with Crippen molar-refractivity contribution < 1.29 is 19.1 Å². The Bertz CT molecular complexity index is 531. The van der Waals surface area contributed by atoms with Crippen LogP contribution in [0.1, 0.15) is 45.6 Å². The van der Waals surface area contributed by atoms with Crippen molar-refractivity contribution in [3.05, 3.63) is 35.9 Å². The highest BCUT2D eigenvalue weighted by Crippen LogP contribution is 2.13. The predicted octanol–water partition coefficient (Wildman–Crippen LogP) is 2.16. The molecule has 6 nitrogen and oxygen atoms in total. The Morgan fingerprint density at radius 1 is 1.16 bits per heavy atom. The number of unbranched alkanes of at least 4 members (excludes halogenated alkanes) is 1. The molecule has 0 radical (unpaired) electrons. The third-order valence-electron chi connectivity index (χ3n) is 3.78. The first-order valence-corrected chi connectivity index (χ1v) is 8.76. The van der Waals surface area contributed by atoms with Gasteiger partial charge in [0.2, 0.25) is 0 Å². The number of nitrogens with two attached hydrogens (primary N) is 1. The Kier molecular flexibility index (Phi) is 9.16. The van der Waals surface area contributed by atoms with Gasteiger partial charge in [0.25, 0.3) is 0 Å². The van der Waals surface area contributed by atoms with Crippen LogP contribution >= 0.6 is 0 Å². The standard InChI is InChI=1S/C19H30N2O4/c1-4-24-18(23)19(2,3)21-16(12-8-9-13-20)17(22)25-14-15-10-6-5-7-11-15/h5-7,10-11,16,21H,4,8-9,12-14,20H2,1-3H3/t16-/m0/s1. The van der Waals surface area contributed by atoms with Crippen LogP contribution in [-0.2, 0) is 25.7 Å². The lowest BCUT2D eigenvalue weighted by molar-refractivity contribution is -0.153. The molecular weight excluding hydrogens is 320 g/mol. The van der Waals surface area contributed by atoms with Crippen LogP contribution in [0.25, 0.3) is 0 Å². The van der Waals surface area contributed by atoms with Crippen molar-refractivity contribution in [1.82, 2.24) is 5.32 Å². The third-order valence-corrected chi connectivity index (χ3v) is 3.78. The number of esters is 2. The topological polar surface area (TPSA) is 90.6 Å². The maximum absolute atomic E-state index is 12.5. The van der Waals surface area contributed by atoms with E-state index in [4.69, 9.17) is 15.2 Å². The van der Waals surface area contributed by atoms with Gasteiger partial charge in [0.15, 0.2) is 0 Å². The summed E-state index contributed by atoms with van der Waals surface area (Å²) in [4.78, 5) is 24.6. The monoisotopic (exact) mass is 350 g/mol. The van der Waals surface area contributed by atoms with Gasteiger partial charge in [0.05, 0.1) is 6.61 Å². The van der Waals surface area contributed by atoms with Crippen molar-refractivity contribution in [1.29, 1.82) is 0 Å².